The Morgan fingerprint density at radius 1 is 1.27 bits per heavy atom. The summed E-state index contributed by atoms with van der Waals surface area (Å²) in [5, 5.41) is 8.82. The molecular formula is C20H22N8OS. The maximum Gasteiger partial charge on any atom is 0.294 e. The van der Waals surface area contributed by atoms with Crippen molar-refractivity contribution in [3.05, 3.63) is 32.5 Å². The zero-order valence-corrected chi connectivity index (χ0v) is 17.5. The summed E-state index contributed by atoms with van der Waals surface area (Å²) in [5.74, 6) is 6.81. The number of hydrogen-bond donors (Lipinski definition) is 1. The fourth-order valence-corrected chi connectivity index (χ4v) is 4.46. The number of hydrogen-bond acceptors (Lipinski definition) is 8. The molecule has 1 fully saturated rings. The Morgan fingerprint density at radius 3 is 2.97 bits per heavy atom. The summed E-state index contributed by atoms with van der Waals surface area (Å²) >= 11 is 1.48. The van der Waals surface area contributed by atoms with Crippen molar-refractivity contribution < 1.29 is 0 Å². The van der Waals surface area contributed by atoms with Gasteiger partial charge in [-0.2, -0.15) is 9.47 Å². The standard InChI is InChI=1S/C20H22N8OS/c1-2-3-7-27-18-16(24-20(27)26-9-5-21-6-10-26)12-22-28(19(18)29)14-25-8-4-17-15(13-25)11-23-30-17/h4,11-13,21H,5-10,14H2,1H3. The highest BCUT2D eigenvalue weighted by Gasteiger charge is 2.22. The van der Waals surface area contributed by atoms with Gasteiger partial charge in [0.2, 0.25) is 5.95 Å². The highest BCUT2D eigenvalue weighted by molar-refractivity contribution is 7.03. The van der Waals surface area contributed by atoms with E-state index in [-0.39, 0.29) is 5.56 Å². The molecule has 0 atom stereocenters. The number of nitrogens with zero attached hydrogens (tertiary/aromatic N) is 7. The van der Waals surface area contributed by atoms with E-state index in [2.05, 4.69) is 42.5 Å². The first-order valence-corrected chi connectivity index (χ1v) is 10.7. The third-order valence-electron chi connectivity index (χ3n) is 5.32. The van der Waals surface area contributed by atoms with Crippen LogP contribution in [0.4, 0.5) is 5.95 Å². The largest absolute Gasteiger partial charge is 0.354 e. The molecule has 0 radical (unpaired) electrons. The van der Waals surface area contributed by atoms with Crippen LogP contribution >= 0.6 is 11.5 Å². The summed E-state index contributed by atoms with van der Waals surface area (Å²) in [6.45, 7) is 6.80. The molecular weight excluding hydrogens is 400 g/mol. The van der Waals surface area contributed by atoms with Gasteiger partial charge in [0.25, 0.3) is 5.56 Å². The Bertz CT molecular complexity index is 1320. The maximum absolute atomic E-state index is 13.4. The molecule has 5 heterocycles. The van der Waals surface area contributed by atoms with E-state index in [1.54, 1.807) is 13.1 Å². The molecule has 30 heavy (non-hydrogen) atoms. The van der Waals surface area contributed by atoms with E-state index in [1.165, 1.54) is 20.7 Å². The molecule has 9 nitrogen and oxygen atoms in total. The SMILES string of the molecule is CC#CCn1c(N2CCNCC2)nc2cnn(CN3C=c4cnsc4=CC3)c(=O)c21. The molecule has 0 spiro atoms. The van der Waals surface area contributed by atoms with E-state index in [0.29, 0.717) is 30.8 Å². The molecule has 154 valence electrons. The summed E-state index contributed by atoms with van der Waals surface area (Å²) < 4.78 is 8.82. The van der Waals surface area contributed by atoms with Gasteiger partial charge in [0.15, 0.2) is 0 Å². The lowest BCUT2D eigenvalue weighted by molar-refractivity contribution is 0.337. The van der Waals surface area contributed by atoms with Crippen LogP contribution in [0.25, 0.3) is 23.3 Å². The number of aromatic nitrogens is 5. The van der Waals surface area contributed by atoms with Crippen molar-refractivity contribution in [2.45, 2.75) is 20.1 Å². The maximum atomic E-state index is 13.4. The predicted octanol–water partition coefficient (Wildman–Crippen LogP) is -1.03. The Morgan fingerprint density at radius 2 is 2.13 bits per heavy atom. The second kappa shape index (κ2) is 7.93. The monoisotopic (exact) mass is 422 g/mol. The number of nitrogens with one attached hydrogen (secondary N) is 1. The molecule has 2 aliphatic rings. The molecule has 0 amide bonds. The van der Waals surface area contributed by atoms with Gasteiger partial charge in [0.1, 0.15) is 17.7 Å². The molecule has 0 aliphatic carbocycles. The summed E-state index contributed by atoms with van der Waals surface area (Å²) in [7, 11) is 0. The summed E-state index contributed by atoms with van der Waals surface area (Å²) in [5.41, 5.74) is 1.02. The Hall–Kier alpha value is -3.16. The van der Waals surface area contributed by atoms with Crippen molar-refractivity contribution in [1.29, 1.82) is 0 Å². The number of anilines is 1. The van der Waals surface area contributed by atoms with Gasteiger partial charge in [0.05, 0.1) is 17.3 Å². The van der Waals surface area contributed by atoms with E-state index >= 15 is 0 Å². The van der Waals surface area contributed by atoms with Crippen LogP contribution < -0.4 is 25.5 Å². The molecule has 1 N–H and O–H groups in total. The topological polar surface area (TPSA) is 84.1 Å². The van der Waals surface area contributed by atoms with Crippen LogP contribution in [0.3, 0.4) is 0 Å². The van der Waals surface area contributed by atoms with Crippen molar-refractivity contribution in [2.75, 3.05) is 37.6 Å². The second-order valence-corrected chi connectivity index (χ2v) is 8.07. The molecule has 5 rings (SSSR count). The number of piperazine rings is 1. The molecule has 3 aromatic heterocycles. The molecule has 0 unspecified atom stereocenters. The van der Waals surface area contributed by atoms with Gasteiger partial charge in [-0.25, -0.2) is 9.67 Å². The van der Waals surface area contributed by atoms with E-state index < -0.39 is 0 Å². The molecule has 0 aromatic carbocycles. The first-order valence-electron chi connectivity index (χ1n) is 9.93. The van der Waals surface area contributed by atoms with Gasteiger partial charge in [-0.1, -0.05) is 5.92 Å². The van der Waals surface area contributed by atoms with Gasteiger partial charge in [-0.05, 0) is 24.5 Å². The van der Waals surface area contributed by atoms with Gasteiger partial charge < -0.3 is 15.1 Å². The van der Waals surface area contributed by atoms with Crippen LogP contribution in [0.5, 0.6) is 0 Å². The smallest absolute Gasteiger partial charge is 0.294 e. The van der Waals surface area contributed by atoms with Gasteiger partial charge >= 0.3 is 0 Å². The van der Waals surface area contributed by atoms with Crippen LogP contribution in [-0.2, 0) is 13.2 Å². The molecule has 0 saturated carbocycles. The van der Waals surface area contributed by atoms with Gasteiger partial charge in [-0.15, -0.1) is 5.92 Å². The fourth-order valence-electron chi connectivity index (χ4n) is 3.82. The summed E-state index contributed by atoms with van der Waals surface area (Å²) in [4.78, 5) is 22.4. The first-order chi connectivity index (χ1) is 14.7. The van der Waals surface area contributed by atoms with Crippen molar-refractivity contribution in [1.82, 2.24) is 33.9 Å². The van der Waals surface area contributed by atoms with Crippen molar-refractivity contribution in [3.63, 3.8) is 0 Å². The lowest BCUT2D eigenvalue weighted by atomic mass is 10.3. The van der Waals surface area contributed by atoms with E-state index in [0.717, 1.165) is 37.3 Å². The average molecular weight is 423 g/mol. The normalized spacial score (nSPS) is 15.9. The number of imidazole rings is 1. The quantitative estimate of drug-likeness (QED) is 0.539. The second-order valence-electron chi connectivity index (χ2n) is 7.24. The minimum absolute atomic E-state index is 0.151. The lowest BCUT2D eigenvalue weighted by Crippen LogP contribution is -2.44. The highest BCUT2D eigenvalue weighted by Crippen LogP contribution is 2.20. The highest BCUT2D eigenvalue weighted by atomic mass is 32.1. The molecule has 10 heteroatoms. The lowest BCUT2D eigenvalue weighted by Gasteiger charge is -2.28. The Kier molecular flexibility index (Phi) is 4.98. The van der Waals surface area contributed by atoms with Crippen LogP contribution in [0.2, 0.25) is 0 Å². The molecule has 3 aromatic rings. The van der Waals surface area contributed by atoms with E-state index in [1.807, 2.05) is 17.0 Å². The zero-order valence-electron chi connectivity index (χ0n) is 16.7. The zero-order chi connectivity index (χ0) is 20.5. The van der Waals surface area contributed by atoms with Crippen molar-refractivity contribution in [3.8, 4) is 11.8 Å². The summed E-state index contributed by atoms with van der Waals surface area (Å²) in [6, 6.07) is 0. The van der Waals surface area contributed by atoms with E-state index in [4.69, 9.17) is 4.98 Å². The minimum Gasteiger partial charge on any atom is -0.354 e. The predicted molar refractivity (Wildman–Crippen MR) is 117 cm³/mol. The van der Waals surface area contributed by atoms with Gasteiger partial charge in [-0.3, -0.25) is 9.36 Å². The third kappa shape index (κ3) is 3.36. The van der Waals surface area contributed by atoms with Crippen LogP contribution in [0.1, 0.15) is 6.92 Å². The molecule has 0 bridgehead atoms. The average Bonchev–Trinajstić information content (AvgIpc) is 3.39. The number of rotatable bonds is 4. The van der Waals surface area contributed by atoms with E-state index in [9.17, 15) is 4.79 Å². The van der Waals surface area contributed by atoms with Crippen molar-refractivity contribution >= 4 is 40.8 Å². The minimum atomic E-state index is -0.151. The van der Waals surface area contributed by atoms with Crippen LogP contribution in [0.15, 0.2) is 17.2 Å². The molecule has 2 aliphatic heterocycles. The van der Waals surface area contributed by atoms with Crippen molar-refractivity contribution in [2.24, 2.45) is 0 Å². The Labute approximate surface area is 177 Å². The first kappa shape index (κ1) is 18.8. The van der Waals surface area contributed by atoms with Crippen LogP contribution in [-0.4, -0.2) is 61.3 Å². The fraction of sp³-hybridized carbons (Fsp3) is 0.400. The Balaban J connectivity index is 1.55. The van der Waals surface area contributed by atoms with Gasteiger partial charge in [0, 0.05) is 50.3 Å². The number of fused-ring (bicyclic) bond motifs is 2. The third-order valence-corrected chi connectivity index (χ3v) is 6.13. The molecule has 1 saturated heterocycles. The van der Waals surface area contributed by atoms with Crippen LogP contribution in [0, 0.1) is 11.8 Å². The summed E-state index contributed by atoms with van der Waals surface area (Å²) in [6.07, 6.45) is 7.69.